The molecule has 3 aromatic rings. The summed E-state index contributed by atoms with van der Waals surface area (Å²) in [5.41, 5.74) is 2.61. The summed E-state index contributed by atoms with van der Waals surface area (Å²) in [5, 5.41) is 4.16. The van der Waals surface area contributed by atoms with E-state index in [0.29, 0.717) is 12.1 Å². The van der Waals surface area contributed by atoms with E-state index in [2.05, 4.69) is 22.4 Å². The lowest BCUT2D eigenvalue weighted by atomic mass is 10.0. The molecule has 1 atom stereocenters. The molecule has 0 saturated carbocycles. The van der Waals surface area contributed by atoms with Gasteiger partial charge in [0.15, 0.2) is 0 Å². The number of rotatable bonds is 6. The van der Waals surface area contributed by atoms with E-state index in [1.165, 1.54) is 29.7 Å². The van der Waals surface area contributed by atoms with Gasteiger partial charge >= 0.3 is 0 Å². The summed E-state index contributed by atoms with van der Waals surface area (Å²) in [7, 11) is 1.68. The van der Waals surface area contributed by atoms with Gasteiger partial charge < -0.3 is 15.0 Å². The molecule has 5 nitrogen and oxygen atoms in total. The second-order valence-corrected chi connectivity index (χ2v) is 7.64. The summed E-state index contributed by atoms with van der Waals surface area (Å²) in [6, 6.07) is 18.1. The van der Waals surface area contributed by atoms with Gasteiger partial charge in [0, 0.05) is 17.1 Å². The Morgan fingerprint density at radius 3 is 2.59 bits per heavy atom. The molecule has 2 aromatic carbocycles. The van der Waals surface area contributed by atoms with E-state index >= 15 is 0 Å². The van der Waals surface area contributed by atoms with Crippen molar-refractivity contribution < 1.29 is 14.4 Å². The first kappa shape index (κ1) is 19.4. The number of methoxy groups -OCH3 is 1. The van der Waals surface area contributed by atoms with Gasteiger partial charge in [0.25, 0.3) is 5.91 Å². The van der Waals surface area contributed by atoms with Crippen molar-refractivity contribution >= 4 is 16.8 Å². The zero-order valence-corrected chi connectivity index (χ0v) is 16.9. The number of para-hydroxylation sites is 1. The molecule has 0 spiro atoms. The Balaban J connectivity index is 1.54. The van der Waals surface area contributed by atoms with Gasteiger partial charge in [0.1, 0.15) is 11.8 Å². The molecule has 150 valence electrons. The second-order valence-electron chi connectivity index (χ2n) is 7.64. The van der Waals surface area contributed by atoms with Crippen molar-refractivity contribution in [1.29, 1.82) is 0 Å². The van der Waals surface area contributed by atoms with E-state index in [1.807, 2.05) is 42.5 Å². The van der Waals surface area contributed by atoms with Crippen LogP contribution < -0.4 is 15.0 Å². The monoisotopic (exact) mass is 390 g/mol. The summed E-state index contributed by atoms with van der Waals surface area (Å²) in [6.45, 7) is 2.88. The van der Waals surface area contributed by atoms with E-state index in [0.717, 1.165) is 29.7 Å². The number of benzene rings is 2. The number of pyridine rings is 1. The normalized spacial score (nSPS) is 15.8. The molecule has 1 fully saturated rings. The molecule has 0 unspecified atom stereocenters. The third-order valence-electron chi connectivity index (χ3n) is 5.85. The van der Waals surface area contributed by atoms with Crippen LogP contribution in [0.2, 0.25) is 0 Å². The third kappa shape index (κ3) is 4.40. The number of piperidine rings is 1. The summed E-state index contributed by atoms with van der Waals surface area (Å²) >= 11 is 0. The van der Waals surface area contributed by atoms with Crippen molar-refractivity contribution in [2.75, 3.05) is 26.7 Å². The van der Waals surface area contributed by atoms with Crippen molar-refractivity contribution in [3.05, 3.63) is 71.9 Å². The molecule has 29 heavy (non-hydrogen) atoms. The standard InChI is InChI=1S/C24H27N3O2/c1-29-20-12-10-18(11-13-20)22(27-15-3-2-4-16-27)17-26-24(28)21-9-5-7-19-8-6-14-25-23(19)21/h5-14,22H,2-4,15-17H2,1H3,(H,26,28)/p+1/t22-/m0/s1. The van der Waals surface area contributed by atoms with E-state index < -0.39 is 0 Å². The number of nitrogens with zero attached hydrogens (tertiary/aromatic N) is 1. The first-order chi connectivity index (χ1) is 14.3. The van der Waals surface area contributed by atoms with Crippen LogP contribution in [0, 0.1) is 0 Å². The van der Waals surface area contributed by atoms with Gasteiger partial charge in [-0.1, -0.05) is 18.2 Å². The van der Waals surface area contributed by atoms with Crippen molar-refractivity contribution in [2.24, 2.45) is 0 Å². The van der Waals surface area contributed by atoms with Gasteiger partial charge in [0.05, 0.1) is 37.8 Å². The summed E-state index contributed by atoms with van der Waals surface area (Å²) in [4.78, 5) is 19.0. The molecule has 1 aliphatic heterocycles. The number of ether oxygens (including phenoxy) is 1. The predicted molar refractivity (Wildman–Crippen MR) is 114 cm³/mol. The molecule has 4 rings (SSSR count). The number of hydrogen-bond acceptors (Lipinski definition) is 3. The lowest BCUT2D eigenvalue weighted by Gasteiger charge is -2.32. The quantitative estimate of drug-likeness (QED) is 0.681. The van der Waals surface area contributed by atoms with Crippen molar-refractivity contribution in [1.82, 2.24) is 10.3 Å². The molecule has 1 amide bonds. The van der Waals surface area contributed by atoms with Crippen LogP contribution >= 0.6 is 0 Å². The molecule has 0 radical (unpaired) electrons. The zero-order chi connectivity index (χ0) is 20.1. The van der Waals surface area contributed by atoms with E-state index in [-0.39, 0.29) is 11.9 Å². The molecule has 1 aromatic heterocycles. The van der Waals surface area contributed by atoms with Gasteiger partial charge in [-0.05, 0) is 55.7 Å². The maximum Gasteiger partial charge on any atom is 0.253 e. The average Bonchev–Trinajstić information content (AvgIpc) is 2.80. The largest absolute Gasteiger partial charge is 0.497 e. The SMILES string of the molecule is COc1ccc([C@H](CNC(=O)c2cccc3cccnc23)[NH+]2CCCCC2)cc1. The van der Waals surface area contributed by atoms with Gasteiger partial charge in [0.2, 0.25) is 0 Å². The number of fused-ring (bicyclic) bond motifs is 1. The fourth-order valence-corrected chi connectivity index (χ4v) is 4.27. The molecule has 0 aliphatic carbocycles. The zero-order valence-electron chi connectivity index (χ0n) is 16.9. The Morgan fingerprint density at radius 2 is 1.83 bits per heavy atom. The highest BCUT2D eigenvalue weighted by atomic mass is 16.5. The fourth-order valence-electron chi connectivity index (χ4n) is 4.27. The first-order valence-corrected chi connectivity index (χ1v) is 10.4. The summed E-state index contributed by atoms with van der Waals surface area (Å²) in [5.74, 6) is 0.788. The number of likely N-dealkylation sites (tertiary alicyclic amines) is 1. The van der Waals surface area contributed by atoms with Gasteiger partial charge in [-0.15, -0.1) is 0 Å². The number of aromatic nitrogens is 1. The number of carbonyl (C=O) groups excluding carboxylic acids is 1. The molecular formula is C24H28N3O2+. The van der Waals surface area contributed by atoms with E-state index in [1.54, 1.807) is 13.3 Å². The third-order valence-corrected chi connectivity index (χ3v) is 5.85. The number of nitrogens with one attached hydrogen (secondary N) is 2. The van der Waals surface area contributed by atoms with E-state index in [4.69, 9.17) is 4.74 Å². The number of amides is 1. The average molecular weight is 391 g/mol. The van der Waals surface area contributed by atoms with Crippen LogP contribution in [0.25, 0.3) is 10.9 Å². The maximum absolute atomic E-state index is 13.0. The van der Waals surface area contributed by atoms with Crippen LogP contribution in [-0.2, 0) is 0 Å². The van der Waals surface area contributed by atoms with Crippen LogP contribution in [0.4, 0.5) is 0 Å². The fraction of sp³-hybridized carbons (Fsp3) is 0.333. The highest BCUT2D eigenvalue weighted by Gasteiger charge is 2.27. The molecule has 2 heterocycles. The van der Waals surface area contributed by atoms with Crippen molar-refractivity contribution in [3.63, 3.8) is 0 Å². The Morgan fingerprint density at radius 1 is 1.07 bits per heavy atom. The molecule has 2 N–H and O–H groups in total. The lowest BCUT2D eigenvalue weighted by Crippen LogP contribution is -3.13. The van der Waals surface area contributed by atoms with Crippen LogP contribution in [-0.4, -0.2) is 37.6 Å². The van der Waals surface area contributed by atoms with Crippen LogP contribution in [0.3, 0.4) is 0 Å². The van der Waals surface area contributed by atoms with Crippen LogP contribution in [0.5, 0.6) is 5.75 Å². The number of quaternary nitrogens is 1. The van der Waals surface area contributed by atoms with Crippen molar-refractivity contribution in [3.8, 4) is 5.75 Å². The molecule has 1 saturated heterocycles. The van der Waals surface area contributed by atoms with Gasteiger partial charge in [-0.3, -0.25) is 9.78 Å². The van der Waals surface area contributed by atoms with Crippen LogP contribution in [0.1, 0.15) is 41.2 Å². The highest BCUT2D eigenvalue weighted by Crippen LogP contribution is 2.18. The minimum absolute atomic E-state index is 0.0655. The van der Waals surface area contributed by atoms with E-state index in [9.17, 15) is 4.79 Å². The summed E-state index contributed by atoms with van der Waals surface area (Å²) < 4.78 is 5.31. The number of carbonyl (C=O) groups is 1. The Hall–Kier alpha value is -2.92. The molecule has 5 heteroatoms. The van der Waals surface area contributed by atoms with Crippen molar-refractivity contribution in [2.45, 2.75) is 25.3 Å². The highest BCUT2D eigenvalue weighted by molar-refractivity contribution is 6.05. The molecule has 0 bridgehead atoms. The maximum atomic E-state index is 13.0. The number of hydrogen-bond donors (Lipinski definition) is 2. The van der Waals surface area contributed by atoms with Gasteiger partial charge in [-0.25, -0.2) is 0 Å². The Labute approximate surface area is 171 Å². The lowest BCUT2D eigenvalue weighted by molar-refractivity contribution is -0.935. The first-order valence-electron chi connectivity index (χ1n) is 10.4. The van der Waals surface area contributed by atoms with Crippen LogP contribution in [0.15, 0.2) is 60.8 Å². The minimum Gasteiger partial charge on any atom is -0.497 e. The molecule has 1 aliphatic rings. The minimum atomic E-state index is -0.0655. The second kappa shape index (κ2) is 9.05. The predicted octanol–water partition coefficient (Wildman–Crippen LogP) is 2.78. The summed E-state index contributed by atoms with van der Waals surface area (Å²) in [6.07, 6.45) is 5.51. The Kier molecular flexibility index (Phi) is 6.06. The topological polar surface area (TPSA) is 55.7 Å². The smallest absolute Gasteiger partial charge is 0.253 e. The molecular weight excluding hydrogens is 362 g/mol. The Bertz CT molecular complexity index is 960. The van der Waals surface area contributed by atoms with Gasteiger partial charge in [-0.2, -0.15) is 0 Å².